The van der Waals surface area contributed by atoms with E-state index in [0.717, 1.165) is 48.0 Å². The molecule has 1 heterocycles. The predicted octanol–water partition coefficient (Wildman–Crippen LogP) is 5.35. The molecule has 0 saturated heterocycles. The molecule has 0 N–H and O–H groups in total. The number of Topliss-reactive ketones (excluding diaryl/α,β-unsaturated/α-hetero) is 1. The van der Waals surface area contributed by atoms with Crippen molar-refractivity contribution in [1.82, 2.24) is 5.01 Å². The first-order chi connectivity index (χ1) is 14.5. The summed E-state index contributed by atoms with van der Waals surface area (Å²) in [6, 6.07) is 0. The van der Waals surface area contributed by atoms with Crippen molar-refractivity contribution in [3.63, 3.8) is 0 Å². The van der Waals surface area contributed by atoms with E-state index in [1.165, 1.54) is 51.4 Å². The summed E-state index contributed by atoms with van der Waals surface area (Å²) in [6.45, 7) is 6.49. The topological polar surface area (TPSA) is 32.7 Å². The van der Waals surface area contributed by atoms with Gasteiger partial charge in [-0.25, -0.2) is 0 Å². The van der Waals surface area contributed by atoms with E-state index in [9.17, 15) is 4.79 Å². The molecule has 5 saturated carbocycles. The van der Waals surface area contributed by atoms with Gasteiger partial charge in [0.15, 0.2) is 5.78 Å². The van der Waals surface area contributed by atoms with Gasteiger partial charge >= 0.3 is 0 Å². The molecule has 6 aliphatic rings. The number of hydrogen-bond donors (Lipinski definition) is 0. The van der Waals surface area contributed by atoms with Crippen molar-refractivity contribution in [2.75, 3.05) is 19.3 Å². The minimum Gasteiger partial charge on any atom is -0.297 e. The number of nitrogens with zero attached hydrogens (tertiary/aromatic N) is 2. The van der Waals surface area contributed by atoms with Crippen LogP contribution in [0.4, 0.5) is 0 Å². The maximum Gasteiger partial charge on any atom is 0.157 e. The van der Waals surface area contributed by atoms with Gasteiger partial charge in [0.25, 0.3) is 0 Å². The molecule has 3 nitrogen and oxygen atoms in total. The number of carbonyl (C=O) groups is 1. The molecule has 5 aliphatic carbocycles. The van der Waals surface area contributed by atoms with Gasteiger partial charge in [0.05, 0.1) is 18.3 Å². The van der Waals surface area contributed by atoms with Gasteiger partial charge in [-0.05, 0) is 104 Å². The highest BCUT2D eigenvalue weighted by molar-refractivity contribution is 7.99. The number of rotatable bonds is 4. The van der Waals surface area contributed by atoms with Crippen molar-refractivity contribution in [2.24, 2.45) is 63.8 Å². The Morgan fingerprint density at radius 1 is 1.07 bits per heavy atom. The summed E-state index contributed by atoms with van der Waals surface area (Å²) < 4.78 is 0. The summed E-state index contributed by atoms with van der Waals surface area (Å²) in [6.07, 6.45) is 15.7. The maximum absolute atomic E-state index is 13.6. The molecule has 0 aromatic heterocycles. The lowest BCUT2D eigenvalue weighted by atomic mass is 9.48. The molecule has 0 aromatic rings. The number of ketones is 1. The zero-order valence-corrected chi connectivity index (χ0v) is 19.9. The van der Waals surface area contributed by atoms with E-state index in [4.69, 9.17) is 0 Å². The second-order valence-corrected chi connectivity index (χ2v) is 13.3. The van der Waals surface area contributed by atoms with Crippen molar-refractivity contribution in [3.05, 3.63) is 0 Å². The van der Waals surface area contributed by atoms with Crippen LogP contribution in [-0.4, -0.2) is 41.6 Å². The predicted molar refractivity (Wildman–Crippen MR) is 125 cm³/mol. The van der Waals surface area contributed by atoms with Crippen molar-refractivity contribution < 1.29 is 4.79 Å². The third-order valence-corrected chi connectivity index (χ3v) is 11.7. The third-order valence-electron chi connectivity index (χ3n) is 10.8. The number of carbonyl (C=O) groups excluding carboxylic acids is 1. The number of hydrazone groups is 1. The Bertz CT molecular complexity index is 739. The SMILES string of the molecule is CSC1C=NN(CC(=O)C2C3CC3C3C4CCC5CC(C)CCC5C4CCC23C)C1. The van der Waals surface area contributed by atoms with E-state index in [-0.39, 0.29) is 5.41 Å². The van der Waals surface area contributed by atoms with Gasteiger partial charge in [0, 0.05) is 12.1 Å². The van der Waals surface area contributed by atoms with Gasteiger partial charge in [-0.2, -0.15) is 16.9 Å². The Morgan fingerprint density at radius 3 is 2.70 bits per heavy atom. The standard InChI is InChI=1S/C26H40N2OS/c1-15-4-6-18-16(10-15)5-7-20-19(18)8-9-26(2)24(20)21-11-22(21)25(26)23(29)14-28-13-17(30-3)12-27-28/h12,15-22,24-25H,4-11,13-14H2,1-3H3. The van der Waals surface area contributed by atoms with E-state index in [2.05, 4.69) is 30.2 Å². The van der Waals surface area contributed by atoms with Crippen LogP contribution in [0.1, 0.15) is 65.2 Å². The molecule has 4 heteroatoms. The Balaban J connectivity index is 1.19. The Hall–Kier alpha value is -0.510. The molecular weight excluding hydrogens is 388 g/mol. The highest BCUT2D eigenvalue weighted by Gasteiger charge is 2.70. The molecular formula is C26H40N2OS. The van der Waals surface area contributed by atoms with E-state index < -0.39 is 0 Å². The molecule has 0 aromatic carbocycles. The lowest BCUT2D eigenvalue weighted by Crippen LogP contribution is -2.51. The smallest absolute Gasteiger partial charge is 0.157 e. The summed E-state index contributed by atoms with van der Waals surface area (Å²) in [4.78, 5) is 13.6. The van der Waals surface area contributed by atoms with Crippen molar-refractivity contribution in [3.8, 4) is 0 Å². The quantitative estimate of drug-likeness (QED) is 0.605. The normalized spacial score (nSPS) is 53.6. The molecule has 5 fully saturated rings. The van der Waals surface area contributed by atoms with Crippen LogP contribution in [-0.2, 0) is 4.79 Å². The Labute approximate surface area is 187 Å². The van der Waals surface area contributed by atoms with E-state index in [0.29, 0.717) is 29.4 Å². The summed E-state index contributed by atoms with van der Waals surface area (Å²) in [7, 11) is 0. The zero-order valence-electron chi connectivity index (χ0n) is 19.1. The second kappa shape index (κ2) is 7.25. The minimum atomic E-state index is 0.281. The van der Waals surface area contributed by atoms with Crippen LogP contribution in [0.15, 0.2) is 5.10 Å². The van der Waals surface area contributed by atoms with Crippen molar-refractivity contribution >= 4 is 23.8 Å². The number of hydrogen-bond acceptors (Lipinski definition) is 4. The third kappa shape index (κ3) is 2.98. The van der Waals surface area contributed by atoms with Gasteiger partial charge in [-0.3, -0.25) is 9.80 Å². The van der Waals surface area contributed by atoms with Crippen LogP contribution in [0.2, 0.25) is 0 Å². The zero-order chi connectivity index (χ0) is 20.6. The second-order valence-electron chi connectivity index (χ2n) is 12.2. The summed E-state index contributed by atoms with van der Waals surface area (Å²) >= 11 is 1.84. The highest BCUT2D eigenvalue weighted by atomic mass is 32.2. The summed E-state index contributed by atoms with van der Waals surface area (Å²) in [5.74, 6) is 8.16. The molecule has 11 unspecified atom stereocenters. The van der Waals surface area contributed by atoms with Crippen LogP contribution in [0.25, 0.3) is 0 Å². The van der Waals surface area contributed by atoms with Crippen LogP contribution >= 0.6 is 11.8 Å². The van der Waals surface area contributed by atoms with Crippen LogP contribution < -0.4 is 0 Å². The lowest BCUT2D eigenvalue weighted by molar-refractivity contribution is -0.134. The van der Waals surface area contributed by atoms with E-state index in [1.807, 2.05) is 18.0 Å². The minimum absolute atomic E-state index is 0.281. The Morgan fingerprint density at radius 2 is 1.90 bits per heavy atom. The fourth-order valence-electron chi connectivity index (χ4n) is 9.65. The molecule has 166 valence electrons. The fraction of sp³-hybridized carbons (Fsp3) is 0.923. The van der Waals surface area contributed by atoms with Gasteiger partial charge in [-0.15, -0.1) is 0 Å². The molecule has 0 bridgehead atoms. The molecule has 0 amide bonds. The Kier molecular flexibility index (Phi) is 4.86. The lowest BCUT2D eigenvalue weighted by Gasteiger charge is -2.57. The first-order valence-electron chi connectivity index (χ1n) is 12.8. The molecule has 30 heavy (non-hydrogen) atoms. The average molecular weight is 429 g/mol. The van der Waals surface area contributed by atoms with Gasteiger partial charge in [-0.1, -0.05) is 20.3 Å². The van der Waals surface area contributed by atoms with E-state index in [1.54, 1.807) is 0 Å². The first-order valence-corrected chi connectivity index (χ1v) is 14.1. The molecule has 1 aliphatic heterocycles. The molecule has 0 spiro atoms. The summed E-state index contributed by atoms with van der Waals surface area (Å²) in [5.41, 5.74) is 0.281. The van der Waals surface area contributed by atoms with Gasteiger partial charge in [0.1, 0.15) is 0 Å². The van der Waals surface area contributed by atoms with Crippen LogP contribution in [0.3, 0.4) is 0 Å². The number of thioether (sulfide) groups is 1. The first kappa shape index (κ1) is 20.1. The molecule has 11 atom stereocenters. The monoisotopic (exact) mass is 428 g/mol. The van der Waals surface area contributed by atoms with Crippen molar-refractivity contribution in [1.29, 1.82) is 0 Å². The van der Waals surface area contributed by atoms with Crippen LogP contribution in [0, 0.1) is 58.7 Å². The van der Waals surface area contributed by atoms with Crippen molar-refractivity contribution in [2.45, 2.75) is 70.5 Å². The molecule has 0 radical (unpaired) electrons. The van der Waals surface area contributed by atoms with Gasteiger partial charge < -0.3 is 0 Å². The van der Waals surface area contributed by atoms with E-state index >= 15 is 0 Å². The number of fused-ring (bicyclic) bond motifs is 7. The highest BCUT2D eigenvalue weighted by Crippen LogP contribution is 2.74. The summed E-state index contributed by atoms with van der Waals surface area (Å²) in [5, 5.41) is 7.06. The average Bonchev–Trinajstić information content (AvgIpc) is 3.24. The van der Waals surface area contributed by atoms with Gasteiger partial charge in [0.2, 0.25) is 0 Å². The maximum atomic E-state index is 13.6. The molecule has 6 rings (SSSR count). The van der Waals surface area contributed by atoms with Crippen LogP contribution in [0.5, 0.6) is 0 Å². The largest absolute Gasteiger partial charge is 0.297 e. The fourth-order valence-corrected chi connectivity index (χ4v) is 10.1.